The molecule has 3 rings (SSSR count). The number of hydrogen-bond donors (Lipinski definition) is 0. The third kappa shape index (κ3) is 11.7. The molecule has 0 unspecified atom stereocenters. The fourth-order valence-corrected chi connectivity index (χ4v) is 2.90. The van der Waals surface area contributed by atoms with Crippen molar-refractivity contribution in [3.05, 3.63) is 48.4 Å². The number of para-hydroxylation sites is 1. The summed E-state index contributed by atoms with van der Waals surface area (Å²) in [6.45, 7) is 19.1. The second-order valence-electron chi connectivity index (χ2n) is 5.87. The molecule has 2 aromatic rings. The Bertz CT molecular complexity index is 539. The number of anilines is 1. The number of rotatable bonds is 8. The minimum Gasteiger partial charge on any atom is -0.381 e. The van der Waals surface area contributed by atoms with Crippen molar-refractivity contribution >= 4 is 5.69 Å². The third-order valence-electron chi connectivity index (χ3n) is 4.25. The Morgan fingerprint density at radius 2 is 1.52 bits per heavy atom. The van der Waals surface area contributed by atoms with Crippen molar-refractivity contribution in [3.63, 3.8) is 0 Å². The summed E-state index contributed by atoms with van der Waals surface area (Å²) in [5, 5.41) is 3.87. The Morgan fingerprint density at radius 1 is 0.862 bits per heavy atom. The van der Waals surface area contributed by atoms with Crippen molar-refractivity contribution in [2.24, 2.45) is 0 Å². The summed E-state index contributed by atoms with van der Waals surface area (Å²) in [6, 6.07) is 12.6. The van der Waals surface area contributed by atoms with Gasteiger partial charge in [-0.15, -0.1) is 0 Å². The molecule has 0 spiro atoms. The van der Waals surface area contributed by atoms with Crippen LogP contribution >= 0.6 is 0 Å². The Morgan fingerprint density at radius 3 is 2.10 bits per heavy atom. The van der Waals surface area contributed by atoms with Crippen molar-refractivity contribution in [2.45, 2.75) is 54.4 Å². The van der Waals surface area contributed by atoms with Crippen molar-refractivity contribution in [2.75, 3.05) is 50.8 Å². The largest absolute Gasteiger partial charge is 0.381 e. The maximum absolute atomic E-state index is 5.67. The predicted molar refractivity (Wildman–Crippen MR) is 125 cm³/mol. The zero-order valence-electron chi connectivity index (χ0n) is 19.6. The van der Waals surface area contributed by atoms with Crippen molar-refractivity contribution in [3.8, 4) is 0 Å². The molecule has 29 heavy (non-hydrogen) atoms. The van der Waals surface area contributed by atoms with E-state index in [1.807, 2.05) is 47.6 Å². The second-order valence-corrected chi connectivity index (χ2v) is 5.87. The van der Waals surface area contributed by atoms with Gasteiger partial charge < -0.3 is 14.2 Å². The lowest BCUT2D eigenvalue weighted by Crippen LogP contribution is -2.46. The zero-order chi connectivity index (χ0) is 21.7. The molecule has 1 fully saturated rings. The molecule has 1 aromatic carbocycles. The van der Waals surface area contributed by atoms with E-state index in [0.717, 1.165) is 57.9 Å². The van der Waals surface area contributed by atoms with Crippen LogP contribution < -0.4 is 4.90 Å². The van der Waals surface area contributed by atoms with E-state index in [1.165, 1.54) is 5.69 Å². The Kier molecular flexibility index (Phi) is 18.2. The van der Waals surface area contributed by atoms with Gasteiger partial charge in [0.2, 0.25) is 0 Å². The SMILES string of the molecule is CC.CC.CC.c1ccc(N2CCN(CCCOCCc3ccon3)CC2)cc1. The van der Waals surface area contributed by atoms with E-state index < -0.39 is 0 Å². The van der Waals surface area contributed by atoms with Gasteiger partial charge in [0.25, 0.3) is 0 Å². The van der Waals surface area contributed by atoms with Crippen molar-refractivity contribution in [1.82, 2.24) is 10.1 Å². The maximum atomic E-state index is 5.67. The molecule has 0 N–H and O–H groups in total. The smallest absolute Gasteiger partial charge is 0.124 e. The average Bonchev–Trinajstić information content (AvgIpc) is 3.35. The van der Waals surface area contributed by atoms with Crippen molar-refractivity contribution < 1.29 is 9.26 Å². The van der Waals surface area contributed by atoms with Crippen LogP contribution in [0, 0.1) is 0 Å². The summed E-state index contributed by atoms with van der Waals surface area (Å²) >= 11 is 0. The van der Waals surface area contributed by atoms with Gasteiger partial charge in [0.15, 0.2) is 0 Å². The van der Waals surface area contributed by atoms with Crippen LogP contribution in [0.5, 0.6) is 0 Å². The zero-order valence-corrected chi connectivity index (χ0v) is 19.6. The van der Waals surface area contributed by atoms with E-state index in [0.29, 0.717) is 6.61 Å². The van der Waals surface area contributed by atoms with E-state index in [-0.39, 0.29) is 0 Å². The van der Waals surface area contributed by atoms with Gasteiger partial charge in [-0.2, -0.15) is 0 Å². The molecule has 1 aliphatic heterocycles. The highest BCUT2D eigenvalue weighted by molar-refractivity contribution is 5.46. The maximum Gasteiger partial charge on any atom is 0.124 e. The highest BCUT2D eigenvalue weighted by Crippen LogP contribution is 2.15. The van der Waals surface area contributed by atoms with Crippen LogP contribution in [-0.2, 0) is 11.2 Å². The molecule has 0 atom stereocenters. The number of ether oxygens (including phenoxy) is 1. The fraction of sp³-hybridized carbons (Fsp3) is 0.625. The lowest BCUT2D eigenvalue weighted by molar-refractivity contribution is 0.121. The van der Waals surface area contributed by atoms with Gasteiger partial charge in [-0.05, 0) is 18.6 Å². The van der Waals surface area contributed by atoms with Crippen molar-refractivity contribution in [1.29, 1.82) is 0 Å². The van der Waals surface area contributed by atoms with Gasteiger partial charge in [-0.3, -0.25) is 4.90 Å². The molecule has 0 saturated carbocycles. The predicted octanol–water partition coefficient (Wildman–Crippen LogP) is 5.52. The summed E-state index contributed by atoms with van der Waals surface area (Å²) in [7, 11) is 0. The molecule has 1 aliphatic rings. The van der Waals surface area contributed by atoms with Crippen LogP contribution in [0.1, 0.15) is 53.7 Å². The van der Waals surface area contributed by atoms with Crippen LogP contribution in [0.2, 0.25) is 0 Å². The topological polar surface area (TPSA) is 41.7 Å². The molecular formula is C24H43N3O2. The number of benzene rings is 1. The van der Waals surface area contributed by atoms with Gasteiger partial charge >= 0.3 is 0 Å². The first kappa shape index (κ1) is 27.1. The van der Waals surface area contributed by atoms with Gasteiger partial charge in [0.1, 0.15) is 6.26 Å². The molecule has 0 aliphatic carbocycles. The van der Waals surface area contributed by atoms with E-state index in [9.17, 15) is 0 Å². The molecular weight excluding hydrogens is 362 g/mol. The molecule has 166 valence electrons. The molecule has 1 aromatic heterocycles. The van der Waals surface area contributed by atoms with Gasteiger partial charge in [0.05, 0.1) is 12.3 Å². The van der Waals surface area contributed by atoms with E-state index >= 15 is 0 Å². The summed E-state index contributed by atoms with van der Waals surface area (Å²) in [5.41, 5.74) is 2.30. The lowest BCUT2D eigenvalue weighted by atomic mass is 10.2. The molecule has 0 radical (unpaired) electrons. The Hall–Kier alpha value is -1.85. The number of nitrogens with zero attached hydrogens (tertiary/aromatic N) is 3. The summed E-state index contributed by atoms with van der Waals surface area (Å²) in [4.78, 5) is 4.99. The Balaban J connectivity index is 0.00000120. The number of hydrogen-bond acceptors (Lipinski definition) is 5. The van der Waals surface area contributed by atoms with Crippen LogP contribution in [0.3, 0.4) is 0 Å². The lowest BCUT2D eigenvalue weighted by Gasteiger charge is -2.36. The molecule has 5 nitrogen and oxygen atoms in total. The molecule has 1 saturated heterocycles. The van der Waals surface area contributed by atoms with Crippen LogP contribution in [-0.4, -0.2) is 56.0 Å². The number of aromatic nitrogens is 1. The first-order valence-corrected chi connectivity index (χ1v) is 11.4. The van der Waals surface area contributed by atoms with E-state index in [1.54, 1.807) is 6.26 Å². The van der Waals surface area contributed by atoms with Crippen LogP contribution in [0.15, 0.2) is 47.2 Å². The highest BCUT2D eigenvalue weighted by Gasteiger charge is 2.16. The van der Waals surface area contributed by atoms with E-state index in [4.69, 9.17) is 9.26 Å². The average molecular weight is 406 g/mol. The third-order valence-corrected chi connectivity index (χ3v) is 4.25. The summed E-state index contributed by atoms with van der Waals surface area (Å²) in [5.74, 6) is 0. The first-order valence-electron chi connectivity index (χ1n) is 11.4. The van der Waals surface area contributed by atoms with Crippen LogP contribution in [0.25, 0.3) is 0 Å². The standard InChI is InChI=1S/C18H25N3O2.3C2H6/c1-2-5-18(6-3-1)21-12-10-20(11-13-21)9-4-14-22-15-7-17-8-16-23-19-17;3*1-2/h1-3,5-6,8,16H,4,7,9-15H2;3*1-2H3. The van der Waals surface area contributed by atoms with Gasteiger partial charge in [-0.1, -0.05) is 64.9 Å². The van der Waals surface area contributed by atoms with Gasteiger partial charge in [-0.25, -0.2) is 0 Å². The normalized spacial score (nSPS) is 13.2. The molecule has 0 bridgehead atoms. The Labute approximate surface area is 179 Å². The summed E-state index contributed by atoms with van der Waals surface area (Å²) < 4.78 is 10.5. The number of piperazine rings is 1. The second kappa shape index (κ2) is 19.5. The quantitative estimate of drug-likeness (QED) is 0.541. The molecule has 5 heteroatoms. The monoisotopic (exact) mass is 405 g/mol. The van der Waals surface area contributed by atoms with Gasteiger partial charge in [0, 0.05) is 57.5 Å². The minimum absolute atomic E-state index is 0.717. The highest BCUT2D eigenvalue weighted by atomic mass is 16.5. The first-order chi connectivity index (χ1) is 14.4. The molecule has 0 amide bonds. The van der Waals surface area contributed by atoms with Crippen LogP contribution in [0.4, 0.5) is 5.69 Å². The molecule has 2 heterocycles. The summed E-state index contributed by atoms with van der Waals surface area (Å²) in [6.07, 6.45) is 3.51. The fourth-order valence-electron chi connectivity index (χ4n) is 2.90. The van der Waals surface area contributed by atoms with E-state index in [2.05, 4.69) is 45.3 Å². The minimum atomic E-state index is 0.717.